The Balaban J connectivity index is 3.08. The van der Waals surface area contributed by atoms with Crippen LogP contribution < -0.4 is 5.32 Å². The van der Waals surface area contributed by atoms with E-state index >= 15 is 0 Å². The maximum absolute atomic E-state index is 11.0. The van der Waals surface area contributed by atoms with Crippen LogP contribution in [0.1, 0.15) is 22.0 Å². The number of carboxylic acids is 1. The summed E-state index contributed by atoms with van der Waals surface area (Å²) < 4.78 is 0. The number of likely N-dealkylation sites (N-methyl/N-ethyl adjacent to an activating group) is 1. The number of nitrogens with one attached hydrogen (secondary N) is 1. The number of aliphatic hydroxyl groups is 2. The molecule has 1 rings (SSSR count). The monoisotopic (exact) mass is 260 g/mol. The summed E-state index contributed by atoms with van der Waals surface area (Å²) in [6, 6.07) is 1.13. The number of pyridine rings is 1. The third-order valence-electron chi connectivity index (χ3n) is 2.23. The Kier molecular flexibility index (Phi) is 4.83. The van der Waals surface area contributed by atoms with E-state index in [2.05, 4.69) is 10.3 Å². The van der Waals surface area contributed by atoms with E-state index in [-0.39, 0.29) is 22.8 Å². The Bertz CT molecular complexity index is 413. The summed E-state index contributed by atoms with van der Waals surface area (Å²) in [5.41, 5.74) is -0.141. The molecule has 7 heteroatoms. The lowest BCUT2D eigenvalue weighted by atomic mass is 10.0. The van der Waals surface area contributed by atoms with Gasteiger partial charge in [0, 0.05) is 18.3 Å². The summed E-state index contributed by atoms with van der Waals surface area (Å²) >= 11 is 5.58. The number of halogens is 1. The number of carboxylic acid groups (broad SMARTS) is 1. The molecule has 94 valence electrons. The molecular weight excluding hydrogens is 248 g/mol. The second-order valence-electron chi connectivity index (χ2n) is 3.47. The number of nitrogens with zero attached hydrogens (tertiary/aromatic N) is 1. The highest BCUT2D eigenvalue weighted by Gasteiger charge is 2.23. The van der Waals surface area contributed by atoms with Gasteiger partial charge in [0.15, 0.2) is 0 Å². The minimum Gasteiger partial charge on any atom is -0.478 e. The number of hydrogen-bond donors (Lipinski definition) is 4. The fraction of sp³-hybridized carbons (Fsp3) is 0.400. The first-order chi connectivity index (χ1) is 7.97. The van der Waals surface area contributed by atoms with Crippen LogP contribution in [-0.2, 0) is 0 Å². The van der Waals surface area contributed by atoms with Crippen LogP contribution in [0.25, 0.3) is 0 Å². The molecule has 1 heterocycles. The highest BCUT2D eigenvalue weighted by atomic mass is 35.5. The molecule has 0 spiro atoms. The third-order valence-corrected chi connectivity index (χ3v) is 2.43. The maximum atomic E-state index is 11.0. The van der Waals surface area contributed by atoms with E-state index in [9.17, 15) is 15.0 Å². The van der Waals surface area contributed by atoms with Crippen molar-refractivity contribution in [2.45, 2.75) is 12.2 Å². The van der Waals surface area contributed by atoms with Crippen LogP contribution in [-0.4, -0.2) is 46.0 Å². The van der Waals surface area contributed by atoms with Crippen LogP contribution in [0.15, 0.2) is 12.3 Å². The standard InChI is InChI=1S/C10H13ClN2O4/c1-12-4-7(14)9(15)6-3-13-8(11)2-5(6)10(16)17/h2-3,7,9,12,14-15H,4H2,1H3,(H,16,17). The zero-order valence-corrected chi connectivity index (χ0v) is 9.85. The number of hydrogen-bond acceptors (Lipinski definition) is 5. The molecule has 1 aromatic rings. The van der Waals surface area contributed by atoms with Gasteiger partial charge in [-0.2, -0.15) is 0 Å². The highest BCUT2D eigenvalue weighted by molar-refractivity contribution is 6.29. The number of aromatic nitrogens is 1. The number of rotatable bonds is 5. The first-order valence-corrected chi connectivity index (χ1v) is 5.24. The molecule has 6 nitrogen and oxygen atoms in total. The first kappa shape index (κ1) is 13.9. The highest BCUT2D eigenvalue weighted by Crippen LogP contribution is 2.22. The molecule has 0 saturated heterocycles. The van der Waals surface area contributed by atoms with Crippen LogP contribution in [0.5, 0.6) is 0 Å². The van der Waals surface area contributed by atoms with Gasteiger partial charge in [-0.1, -0.05) is 11.6 Å². The number of carbonyl (C=O) groups is 1. The summed E-state index contributed by atoms with van der Waals surface area (Å²) in [5.74, 6) is -1.24. The van der Waals surface area contributed by atoms with Gasteiger partial charge in [-0.3, -0.25) is 0 Å². The molecule has 2 atom stereocenters. The maximum Gasteiger partial charge on any atom is 0.336 e. The topological polar surface area (TPSA) is 103 Å². The van der Waals surface area contributed by atoms with Crippen molar-refractivity contribution >= 4 is 17.6 Å². The molecule has 17 heavy (non-hydrogen) atoms. The van der Waals surface area contributed by atoms with E-state index in [0.717, 1.165) is 12.3 Å². The van der Waals surface area contributed by atoms with E-state index in [1.54, 1.807) is 7.05 Å². The predicted octanol–water partition coefficient (Wildman–Crippen LogP) is 0.0469. The zero-order valence-electron chi connectivity index (χ0n) is 9.09. The zero-order chi connectivity index (χ0) is 13.0. The fourth-order valence-electron chi connectivity index (χ4n) is 1.39. The van der Waals surface area contributed by atoms with E-state index in [0.29, 0.717) is 0 Å². The van der Waals surface area contributed by atoms with Gasteiger partial charge in [0.2, 0.25) is 0 Å². The largest absolute Gasteiger partial charge is 0.478 e. The van der Waals surface area contributed by atoms with Crippen LogP contribution >= 0.6 is 11.6 Å². The molecule has 0 aromatic carbocycles. The summed E-state index contributed by atoms with van der Waals surface area (Å²) in [6.07, 6.45) is -1.31. The normalized spacial score (nSPS) is 14.4. The Hall–Kier alpha value is -1.21. The summed E-state index contributed by atoms with van der Waals surface area (Å²) in [7, 11) is 1.61. The lowest BCUT2D eigenvalue weighted by molar-refractivity contribution is 0.0190. The Morgan fingerprint density at radius 3 is 2.76 bits per heavy atom. The van der Waals surface area contributed by atoms with E-state index in [4.69, 9.17) is 16.7 Å². The summed E-state index contributed by atoms with van der Waals surface area (Å²) in [6.45, 7) is 0.128. The van der Waals surface area contributed by atoms with Crippen LogP contribution in [0.2, 0.25) is 5.15 Å². The van der Waals surface area contributed by atoms with Crippen molar-refractivity contribution in [1.29, 1.82) is 0 Å². The molecule has 1 aromatic heterocycles. The van der Waals surface area contributed by atoms with Gasteiger partial charge < -0.3 is 20.6 Å². The second kappa shape index (κ2) is 5.92. The number of aromatic carboxylic acids is 1. The van der Waals surface area contributed by atoms with Crippen LogP contribution in [0.3, 0.4) is 0 Å². The minimum atomic E-state index is -1.33. The van der Waals surface area contributed by atoms with Gasteiger partial charge >= 0.3 is 5.97 Å². The molecular formula is C10H13ClN2O4. The Morgan fingerprint density at radius 2 is 2.24 bits per heavy atom. The Labute approximate surface area is 103 Å². The van der Waals surface area contributed by atoms with Gasteiger partial charge in [0.25, 0.3) is 0 Å². The van der Waals surface area contributed by atoms with Crippen molar-refractivity contribution in [3.63, 3.8) is 0 Å². The van der Waals surface area contributed by atoms with E-state index < -0.39 is 18.2 Å². The minimum absolute atomic E-state index is 0.0152. The smallest absolute Gasteiger partial charge is 0.336 e. The summed E-state index contributed by atoms with van der Waals surface area (Å²) in [5, 5.41) is 31.0. The Morgan fingerprint density at radius 1 is 1.59 bits per heavy atom. The molecule has 2 unspecified atom stereocenters. The molecule has 4 N–H and O–H groups in total. The average Bonchev–Trinajstić information content (AvgIpc) is 2.28. The molecule has 0 bridgehead atoms. The number of aliphatic hydroxyl groups excluding tert-OH is 2. The third kappa shape index (κ3) is 3.37. The molecule has 0 radical (unpaired) electrons. The van der Waals surface area contributed by atoms with Crippen molar-refractivity contribution in [2.75, 3.05) is 13.6 Å². The summed E-state index contributed by atoms with van der Waals surface area (Å²) in [4.78, 5) is 14.7. The SMILES string of the molecule is CNCC(O)C(O)c1cnc(Cl)cc1C(=O)O. The van der Waals surface area contributed by atoms with Gasteiger partial charge in [0.05, 0.1) is 11.7 Å². The van der Waals surface area contributed by atoms with Crippen LogP contribution in [0, 0.1) is 0 Å². The van der Waals surface area contributed by atoms with Gasteiger partial charge in [0.1, 0.15) is 11.3 Å². The van der Waals surface area contributed by atoms with Gasteiger partial charge in [-0.25, -0.2) is 9.78 Å². The molecule has 0 fully saturated rings. The van der Waals surface area contributed by atoms with Crippen molar-refractivity contribution in [2.24, 2.45) is 0 Å². The molecule has 0 amide bonds. The molecule has 0 aliphatic heterocycles. The second-order valence-corrected chi connectivity index (χ2v) is 3.86. The molecule has 0 aliphatic rings. The van der Waals surface area contributed by atoms with Gasteiger partial charge in [-0.15, -0.1) is 0 Å². The average molecular weight is 261 g/mol. The van der Waals surface area contributed by atoms with E-state index in [1.165, 1.54) is 0 Å². The lowest BCUT2D eigenvalue weighted by Crippen LogP contribution is -2.30. The predicted molar refractivity (Wildman–Crippen MR) is 61.1 cm³/mol. The van der Waals surface area contributed by atoms with Crippen molar-refractivity contribution in [3.8, 4) is 0 Å². The van der Waals surface area contributed by atoms with E-state index in [1.807, 2.05) is 0 Å². The molecule has 0 aliphatic carbocycles. The quantitative estimate of drug-likeness (QED) is 0.558. The molecule has 0 saturated carbocycles. The lowest BCUT2D eigenvalue weighted by Gasteiger charge is -2.19. The van der Waals surface area contributed by atoms with Gasteiger partial charge in [-0.05, 0) is 13.1 Å². The van der Waals surface area contributed by atoms with Crippen molar-refractivity contribution in [1.82, 2.24) is 10.3 Å². The van der Waals surface area contributed by atoms with Crippen molar-refractivity contribution < 1.29 is 20.1 Å². The van der Waals surface area contributed by atoms with Crippen molar-refractivity contribution in [3.05, 3.63) is 28.5 Å². The first-order valence-electron chi connectivity index (χ1n) is 4.86. The van der Waals surface area contributed by atoms with Crippen LogP contribution in [0.4, 0.5) is 0 Å². The fourth-order valence-corrected chi connectivity index (χ4v) is 1.55.